The maximum Gasteiger partial charge on any atom is 0.261 e. The van der Waals surface area contributed by atoms with Gasteiger partial charge in [-0.3, -0.25) is 4.79 Å². The zero-order valence-corrected chi connectivity index (χ0v) is 16.0. The van der Waals surface area contributed by atoms with Crippen molar-refractivity contribution >= 4 is 5.91 Å². The fraction of sp³-hybridized carbons (Fsp3) is 0.409. The lowest BCUT2D eigenvalue weighted by molar-refractivity contribution is -0.127. The number of hydrogen-bond acceptors (Lipinski definition) is 2. The molecule has 0 aliphatic carbocycles. The van der Waals surface area contributed by atoms with Gasteiger partial charge in [-0.2, -0.15) is 0 Å². The molecule has 0 aliphatic heterocycles. The molecule has 0 aromatic heterocycles. The molecule has 134 valence electrons. The van der Waals surface area contributed by atoms with Crippen LogP contribution in [0, 0.1) is 13.8 Å². The second-order valence-corrected chi connectivity index (χ2v) is 6.53. The topological polar surface area (TPSA) is 38.3 Å². The van der Waals surface area contributed by atoms with Gasteiger partial charge in [-0.1, -0.05) is 38.1 Å². The first-order valence-electron chi connectivity index (χ1n) is 9.06. The lowest BCUT2D eigenvalue weighted by Crippen LogP contribution is -2.36. The van der Waals surface area contributed by atoms with Gasteiger partial charge in [0.2, 0.25) is 0 Å². The average molecular weight is 339 g/mol. The zero-order chi connectivity index (χ0) is 18.4. The molecule has 0 heterocycles. The molecule has 2 rings (SSSR count). The minimum absolute atomic E-state index is 0.0952. The van der Waals surface area contributed by atoms with Gasteiger partial charge >= 0.3 is 0 Å². The summed E-state index contributed by atoms with van der Waals surface area (Å²) >= 11 is 0. The Bertz CT molecular complexity index is 737. The highest BCUT2D eigenvalue weighted by atomic mass is 16.5. The Morgan fingerprint density at radius 3 is 2.40 bits per heavy atom. The third-order valence-corrected chi connectivity index (χ3v) is 4.67. The Labute approximate surface area is 151 Å². The van der Waals surface area contributed by atoms with Crippen molar-refractivity contribution in [1.82, 2.24) is 5.32 Å². The molecule has 0 fully saturated rings. The quantitative estimate of drug-likeness (QED) is 0.806. The molecule has 0 aliphatic rings. The summed E-state index contributed by atoms with van der Waals surface area (Å²) in [7, 11) is 0. The highest BCUT2D eigenvalue weighted by Crippen LogP contribution is 2.18. The second-order valence-electron chi connectivity index (χ2n) is 6.53. The minimum atomic E-state index is -0.526. The number of nitrogens with one attached hydrogen (secondary N) is 1. The van der Waals surface area contributed by atoms with Crippen LogP contribution in [-0.2, 0) is 24.2 Å². The number of amides is 1. The van der Waals surface area contributed by atoms with Crippen molar-refractivity contribution in [3.63, 3.8) is 0 Å². The van der Waals surface area contributed by atoms with Crippen molar-refractivity contribution in [2.45, 2.75) is 60.1 Å². The number of carbonyl (C=O) groups is 1. The van der Waals surface area contributed by atoms with Crippen molar-refractivity contribution in [2.24, 2.45) is 0 Å². The summed E-state index contributed by atoms with van der Waals surface area (Å²) in [4.78, 5) is 12.4. The molecule has 3 nitrogen and oxygen atoms in total. The van der Waals surface area contributed by atoms with Gasteiger partial charge in [-0.15, -0.1) is 0 Å². The van der Waals surface area contributed by atoms with E-state index in [0.29, 0.717) is 6.54 Å². The molecular formula is C22H29NO2. The van der Waals surface area contributed by atoms with Gasteiger partial charge in [-0.25, -0.2) is 0 Å². The van der Waals surface area contributed by atoms with Crippen molar-refractivity contribution in [2.75, 3.05) is 0 Å². The molecule has 0 saturated heterocycles. The number of hydrogen-bond donors (Lipinski definition) is 1. The number of carbonyl (C=O) groups excluding carboxylic acids is 1. The Hall–Kier alpha value is -2.29. The van der Waals surface area contributed by atoms with Crippen molar-refractivity contribution < 1.29 is 9.53 Å². The van der Waals surface area contributed by atoms with Gasteiger partial charge in [0, 0.05) is 6.54 Å². The molecule has 0 saturated carbocycles. The first-order valence-corrected chi connectivity index (χ1v) is 9.06. The standard InChI is InChI=1S/C22H29NO2/c1-6-18-9-10-19(7-2)20(13-18)14-23-22(24)17(5)25-21-11-8-15(3)16(4)12-21/h8-13,17H,6-7,14H2,1-5H3,(H,23,24). The minimum Gasteiger partial charge on any atom is -0.481 e. The molecule has 2 aromatic carbocycles. The smallest absolute Gasteiger partial charge is 0.261 e. The average Bonchev–Trinajstić information content (AvgIpc) is 2.62. The number of aryl methyl sites for hydroxylation is 4. The van der Waals surface area contributed by atoms with E-state index in [1.165, 1.54) is 22.3 Å². The van der Waals surface area contributed by atoms with Gasteiger partial charge in [0.1, 0.15) is 5.75 Å². The van der Waals surface area contributed by atoms with E-state index in [0.717, 1.165) is 24.2 Å². The van der Waals surface area contributed by atoms with Gasteiger partial charge in [0.05, 0.1) is 0 Å². The fourth-order valence-corrected chi connectivity index (χ4v) is 2.78. The Morgan fingerprint density at radius 2 is 1.76 bits per heavy atom. The normalized spacial score (nSPS) is 11.9. The van der Waals surface area contributed by atoms with Crippen LogP contribution in [0.15, 0.2) is 36.4 Å². The SMILES string of the molecule is CCc1ccc(CC)c(CNC(=O)C(C)Oc2ccc(C)c(C)c2)c1. The molecule has 25 heavy (non-hydrogen) atoms. The molecule has 0 radical (unpaired) electrons. The molecule has 3 heteroatoms. The van der Waals surface area contributed by atoms with Crippen LogP contribution in [0.1, 0.15) is 48.6 Å². The van der Waals surface area contributed by atoms with Crippen LogP contribution in [0.3, 0.4) is 0 Å². The van der Waals surface area contributed by atoms with Crippen LogP contribution in [0.25, 0.3) is 0 Å². The summed E-state index contributed by atoms with van der Waals surface area (Å²) in [5, 5.41) is 3.01. The highest BCUT2D eigenvalue weighted by molar-refractivity contribution is 5.80. The molecule has 0 spiro atoms. The fourth-order valence-electron chi connectivity index (χ4n) is 2.78. The van der Waals surface area contributed by atoms with Crippen molar-refractivity contribution in [3.8, 4) is 5.75 Å². The van der Waals surface area contributed by atoms with Gasteiger partial charge in [0.25, 0.3) is 5.91 Å². The van der Waals surface area contributed by atoms with Gasteiger partial charge in [0.15, 0.2) is 6.10 Å². The first-order chi connectivity index (χ1) is 11.9. The Kier molecular flexibility index (Phi) is 6.63. The largest absolute Gasteiger partial charge is 0.481 e. The van der Waals surface area contributed by atoms with Crippen molar-refractivity contribution in [3.05, 3.63) is 64.2 Å². The molecule has 1 atom stereocenters. The summed E-state index contributed by atoms with van der Waals surface area (Å²) in [5.74, 6) is 0.634. The summed E-state index contributed by atoms with van der Waals surface area (Å²) in [5.41, 5.74) is 6.14. The molecular weight excluding hydrogens is 310 g/mol. The van der Waals surface area contributed by atoms with Crippen LogP contribution in [0.4, 0.5) is 0 Å². The second kappa shape index (κ2) is 8.70. The molecule has 1 N–H and O–H groups in total. The molecule has 2 aromatic rings. The van der Waals surface area contributed by atoms with E-state index >= 15 is 0 Å². The van der Waals surface area contributed by atoms with Crippen LogP contribution in [-0.4, -0.2) is 12.0 Å². The maximum atomic E-state index is 12.4. The number of rotatable bonds is 7. The highest BCUT2D eigenvalue weighted by Gasteiger charge is 2.15. The zero-order valence-electron chi connectivity index (χ0n) is 16.0. The monoisotopic (exact) mass is 339 g/mol. The number of benzene rings is 2. The Balaban J connectivity index is 1.98. The van der Waals surface area contributed by atoms with E-state index in [9.17, 15) is 4.79 Å². The van der Waals surface area contributed by atoms with Crippen LogP contribution >= 0.6 is 0 Å². The van der Waals surface area contributed by atoms with E-state index in [-0.39, 0.29) is 5.91 Å². The van der Waals surface area contributed by atoms with Crippen molar-refractivity contribution in [1.29, 1.82) is 0 Å². The van der Waals surface area contributed by atoms with E-state index in [1.54, 1.807) is 6.92 Å². The molecule has 1 amide bonds. The molecule has 0 bridgehead atoms. The van der Waals surface area contributed by atoms with Crippen LogP contribution < -0.4 is 10.1 Å². The maximum absolute atomic E-state index is 12.4. The van der Waals surface area contributed by atoms with Gasteiger partial charge in [-0.05, 0) is 73.6 Å². The van der Waals surface area contributed by atoms with E-state index < -0.39 is 6.10 Å². The molecule has 1 unspecified atom stereocenters. The summed E-state index contributed by atoms with van der Waals surface area (Å²) in [6, 6.07) is 12.4. The summed E-state index contributed by atoms with van der Waals surface area (Å²) in [6.45, 7) is 10.7. The van der Waals surface area contributed by atoms with E-state index in [4.69, 9.17) is 4.74 Å². The van der Waals surface area contributed by atoms with E-state index in [2.05, 4.69) is 44.3 Å². The summed E-state index contributed by atoms with van der Waals surface area (Å²) < 4.78 is 5.79. The van der Waals surface area contributed by atoms with E-state index in [1.807, 2.05) is 25.1 Å². The third kappa shape index (κ3) is 5.09. The summed E-state index contributed by atoms with van der Waals surface area (Å²) in [6.07, 6.45) is 1.43. The van der Waals surface area contributed by atoms with Gasteiger partial charge < -0.3 is 10.1 Å². The van der Waals surface area contributed by atoms with Crippen LogP contribution in [0.2, 0.25) is 0 Å². The first kappa shape index (κ1) is 19.0. The predicted octanol–water partition coefficient (Wildman–Crippen LogP) is 4.51. The number of ether oxygens (including phenoxy) is 1. The van der Waals surface area contributed by atoms with Crippen LogP contribution in [0.5, 0.6) is 5.75 Å². The lowest BCUT2D eigenvalue weighted by Gasteiger charge is -2.17. The lowest BCUT2D eigenvalue weighted by atomic mass is 10.0. The predicted molar refractivity (Wildman–Crippen MR) is 103 cm³/mol. The Morgan fingerprint density at radius 1 is 1.00 bits per heavy atom. The third-order valence-electron chi connectivity index (χ3n) is 4.67.